The van der Waals surface area contributed by atoms with Crippen LogP contribution in [-0.2, 0) is 20.8 Å². The third-order valence-corrected chi connectivity index (χ3v) is 5.68. The van der Waals surface area contributed by atoms with E-state index in [1.54, 1.807) is 31.2 Å². The average molecular weight is 409 g/mol. The van der Waals surface area contributed by atoms with Crippen LogP contribution in [0.2, 0.25) is 0 Å². The Balaban J connectivity index is 1.39. The molecule has 6 nitrogen and oxygen atoms in total. The molecule has 2 aliphatic heterocycles. The molecule has 0 atom stereocenters. The number of carbonyl (C=O) groups is 2. The summed E-state index contributed by atoms with van der Waals surface area (Å²) < 4.78 is 16.6. The van der Waals surface area contributed by atoms with Crippen LogP contribution in [0.5, 0.6) is 0 Å². The number of carbonyl (C=O) groups excluding carboxylic acids is 2. The molecule has 6 heteroatoms. The molecule has 2 aromatic carbocycles. The van der Waals surface area contributed by atoms with E-state index in [1.165, 1.54) is 0 Å². The lowest BCUT2D eigenvalue weighted by Crippen LogP contribution is -2.44. The van der Waals surface area contributed by atoms with Crippen LogP contribution in [0.3, 0.4) is 0 Å². The molecule has 158 valence electrons. The molecule has 4 rings (SSSR count). The van der Waals surface area contributed by atoms with Crippen molar-refractivity contribution in [2.75, 3.05) is 32.9 Å². The van der Waals surface area contributed by atoms with Crippen LogP contribution < -0.4 is 0 Å². The van der Waals surface area contributed by atoms with Crippen molar-refractivity contribution in [1.29, 1.82) is 0 Å². The van der Waals surface area contributed by atoms with Crippen molar-refractivity contribution in [2.24, 2.45) is 0 Å². The molecule has 0 unspecified atom stereocenters. The molecule has 0 bridgehead atoms. The van der Waals surface area contributed by atoms with Gasteiger partial charge in [-0.2, -0.15) is 0 Å². The topological polar surface area (TPSA) is 65.1 Å². The summed E-state index contributed by atoms with van der Waals surface area (Å²) in [6.45, 7) is 6.07. The number of esters is 1. The van der Waals surface area contributed by atoms with Gasteiger partial charge in [-0.3, -0.25) is 9.69 Å². The Labute approximate surface area is 176 Å². The lowest BCUT2D eigenvalue weighted by molar-refractivity contribution is -0.185. The van der Waals surface area contributed by atoms with E-state index in [9.17, 15) is 9.59 Å². The minimum absolute atomic E-state index is 0.0578. The maximum atomic E-state index is 12.9. The zero-order valence-electron chi connectivity index (χ0n) is 17.3. The molecule has 0 amide bonds. The lowest BCUT2D eigenvalue weighted by atomic mass is 9.99. The van der Waals surface area contributed by atoms with Gasteiger partial charge in [-0.25, -0.2) is 4.79 Å². The SMILES string of the molecule is CCOC(=O)c1ccc(C(=O)c2cccc(CN3CCC4(CC3)OCCO4)c2)cc1. The molecule has 0 saturated carbocycles. The number of benzene rings is 2. The molecule has 30 heavy (non-hydrogen) atoms. The fourth-order valence-corrected chi connectivity index (χ4v) is 4.05. The van der Waals surface area contributed by atoms with Crippen molar-refractivity contribution in [1.82, 2.24) is 4.90 Å². The second kappa shape index (κ2) is 9.08. The predicted molar refractivity (Wildman–Crippen MR) is 111 cm³/mol. The minimum Gasteiger partial charge on any atom is -0.462 e. The molecule has 2 fully saturated rings. The van der Waals surface area contributed by atoms with Crippen LogP contribution in [-0.4, -0.2) is 55.3 Å². The highest BCUT2D eigenvalue weighted by atomic mass is 16.7. The number of rotatable bonds is 6. The van der Waals surface area contributed by atoms with Crippen LogP contribution in [0.25, 0.3) is 0 Å². The summed E-state index contributed by atoms with van der Waals surface area (Å²) in [4.78, 5) is 27.1. The second-order valence-corrected chi connectivity index (χ2v) is 7.71. The molecule has 2 aliphatic rings. The molecule has 1 spiro atoms. The van der Waals surface area contributed by atoms with Gasteiger partial charge < -0.3 is 14.2 Å². The third-order valence-electron chi connectivity index (χ3n) is 5.68. The molecule has 2 heterocycles. The Bertz CT molecular complexity index is 892. The Morgan fingerprint density at radius 2 is 1.63 bits per heavy atom. The normalized spacial score (nSPS) is 18.4. The lowest BCUT2D eigenvalue weighted by Gasteiger charge is -2.37. The monoisotopic (exact) mass is 409 g/mol. The van der Waals surface area contributed by atoms with Gasteiger partial charge in [0.05, 0.1) is 25.4 Å². The first-order valence-electron chi connectivity index (χ1n) is 10.5. The molecule has 0 aromatic heterocycles. The summed E-state index contributed by atoms with van der Waals surface area (Å²) in [5, 5.41) is 0. The summed E-state index contributed by atoms with van der Waals surface area (Å²) in [6, 6.07) is 14.4. The van der Waals surface area contributed by atoms with Crippen molar-refractivity contribution in [3.8, 4) is 0 Å². The predicted octanol–water partition coefficient (Wildman–Crippen LogP) is 3.43. The van der Waals surface area contributed by atoms with E-state index < -0.39 is 0 Å². The quantitative estimate of drug-likeness (QED) is 0.538. The van der Waals surface area contributed by atoms with Gasteiger partial charge in [-0.05, 0) is 30.7 Å². The molecular formula is C24H27NO5. The standard InChI is InChI=1S/C24H27NO5/c1-2-28-23(27)20-8-6-19(7-9-20)22(26)21-5-3-4-18(16-21)17-25-12-10-24(11-13-25)29-14-15-30-24/h3-9,16H,2,10-15,17H2,1H3. The second-order valence-electron chi connectivity index (χ2n) is 7.71. The van der Waals surface area contributed by atoms with Gasteiger partial charge in [0.15, 0.2) is 11.6 Å². The Hall–Kier alpha value is -2.54. The Morgan fingerprint density at radius 3 is 2.30 bits per heavy atom. The van der Waals surface area contributed by atoms with E-state index in [1.807, 2.05) is 24.3 Å². The van der Waals surface area contributed by atoms with Crippen molar-refractivity contribution < 1.29 is 23.8 Å². The summed E-state index contributed by atoms with van der Waals surface area (Å²) in [5.41, 5.74) is 2.75. The van der Waals surface area contributed by atoms with Gasteiger partial charge in [0, 0.05) is 43.6 Å². The van der Waals surface area contributed by atoms with Gasteiger partial charge in [0.2, 0.25) is 0 Å². The number of nitrogens with zero attached hydrogens (tertiary/aromatic N) is 1. The van der Waals surface area contributed by atoms with E-state index in [2.05, 4.69) is 4.90 Å². The molecule has 0 radical (unpaired) electrons. The molecule has 2 saturated heterocycles. The number of ketones is 1. The fraction of sp³-hybridized carbons (Fsp3) is 0.417. The first-order valence-corrected chi connectivity index (χ1v) is 10.5. The van der Waals surface area contributed by atoms with Crippen molar-refractivity contribution in [3.63, 3.8) is 0 Å². The minimum atomic E-state index is -0.379. The average Bonchev–Trinajstić information content (AvgIpc) is 3.23. The molecule has 2 aromatic rings. The first kappa shape index (κ1) is 20.7. The highest BCUT2D eigenvalue weighted by molar-refractivity contribution is 6.09. The van der Waals surface area contributed by atoms with E-state index in [4.69, 9.17) is 14.2 Å². The molecular weight excluding hydrogens is 382 g/mol. The number of ether oxygens (including phenoxy) is 3. The summed E-state index contributed by atoms with van der Waals surface area (Å²) >= 11 is 0. The van der Waals surface area contributed by atoms with E-state index >= 15 is 0 Å². The van der Waals surface area contributed by atoms with Gasteiger partial charge in [0.1, 0.15) is 0 Å². The van der Waals surface area contributed by atoms with Crippen LogP contribution in [0, 0.1) is 0 Å². The van der Waals surface area contributed by atoms with Gasteiger partial charge in [-0.15, -0.1) is 0 Å². The summed E-state index contributed by atoms with van der Waals surface area (Å²) in [5.74, 6) is -0.808. The van der Waals surface area contributed by atoms with Crippen molar-refractivity contribution in [3.05, 3.63) is 70.8 Å². The zero-order valence-corrected chi connectivity index (χ0v) is 17.3. The fourth-order valence-electron chi connectivity index (χ4n) is 4.05. The molecule has 0 N–H and O–H groups in total. The Kier molecular flexibility index (Phi) is 6.27. The zero-order chi connectivity index (χ0) is 21.0. The maximum absolute atomic E-state index is 12.9. The number of hydrogen-bond donors (Lipinski definition) is 0. The maximum Gasteiger partial charge on any atom is 0.338 e. The number of piperidine rings is 1. The van der Waals surface area contributed by atoms with Gasteiger partial charge in [-0.1, -0.05) is 30.3 Å². The van der Waals surface area contributed by atoms with E-state index in [0.717, 1.165) is 38.0 Å². The van der Waals surface area contributed by atoms with Crippen LogP contribution >= 0.6 is 0 Å². The van der Waals surface area contributed by atoms with E-state index in [-0.39, 0.29) is 17.5 Å². The number of hydrogen-bond acceptors (Lipinski definition) is 6. The summed E-state index contributed by atoms with van der Waals surface area (Å²) in [7, 11) is 0. The highest BCUT2D eigenvalue weighted by Crippen LogP contribution is 2.31. The third kappa shape index (κ3) is 4.61. The number of likely N-dealkylation sites (tertiary alicyclic amines) is 1. The summed E-state index contributed by atoms with van der Waals surface area (Å²) in [6.07, 6.45) is 1.75. The first-order chi connectivity index (χ1) is 14.6. The van der Waals surface area contributed by atoms with Crippen molar-refractivity contribution in [2.45, 2.75) is 32.1 Å². The highest BCUT2D eigenvalue weighted by Gasteiger charge is 2.39. The largest absolute Gasteiger partial charge is 0.462 e. The van der Waals surface area contributed by atoms with Crippen LogP contribution in [0.1, 0.15) is 51.6 Å². The van der Waals surface area contributed by atoms with Crippen LogP contribution in [0.4, 0.5) is 0 Å². The van der Waals surface area contributed by atoms with Crippen molar-refractivity contribution >= 4 is 11.8 Å². The van der Waals surface area contributed by atoms with Crippen LogP contribution in [0.15, 0.2) is 48.5 Å². The van der Waals surface area contributed by atoms with Gasteiger partial charge in [0.25, 0.3) is 0 Å². The Morgan fingerprint density at radius 1 is 0.967 bits per heavy atom. The smallest absolute Gasteiger partial charge is 0.338 e. The van der Waals surface area contributed by atoms with Gasteiger partial charge >= 0.3 is 5.97 Å². The van der Waals surface area contributed by atoms with E-state index in [0.29, 0.717) is 36.5 Å². The molecule has 0 aliphatic carbocycles.